The second kappa shape index (κ2) is 7.12. The van der Waals surface area contributed by atoms with Gasteiger partial charge in [-0.05, 0) is 66.6 Å². The topological polar surface area (TPSA) is 26.3 Å². The summed E-state index contributed by atoms with van der Waals surface area (Å²) < 4.78 is 18.9. The van der Waals surface area contributed by atoms with Gasteiger partial charge in [0, 0.05) is 0 Å². The number of hydrogen-bond acceptors (Lipinski definition) is 2. The van der Waals surface area contributed by atoms with Gasteiger partial charge in [-0.2, -0.15) is 0 Å². The molecule has 2 aromatic rings. The Bertz CT molecular complexity index is 687. The lowest BCUT2D eigenvalue weighted by atomic mass is 9.85. The van der Waals surface area contributed by atoms with Crippen molar-refractivity contribution in [1.82, 2.24) is 0 Å². The molecule has 23 heavy (non-hydrogen) atoms. The van der Waals surface area contributed by atoms with Crippen LogP contribution < -0.4 is 0 Å². The first-order valence-electron chi connectivity index (χ1n) is 8.56. The summed E-state index contributed by atoms with van der Waals surface area (Å²) in [7, 11) is 0. The first-order chi connectivity index (χ1) is 11.2. The predicted molar refractivity (Wildman–Crippen MR) is 90.0 cm³/mol. The van der Waals surface area contributed by atoms with E-state index in [9.17, 15) is 9.18 Å². The first kappa shape index (κ1) is 16.0. The van der Waals surface area contributed by atoms with Gasteiger partial charge in [0.1, 0.15) is 11.9 Å². The molecule has 0 aliphatic heterocycles. The fraction of sp³-hybridized carbons (Fsp3) is 0.450. The molecule has 122 valence electrons. The first-order valence-corrected chi connectivity index (χ1v) is 8.56. The van der Waals surface area contributed by atoms with Crippen LogP contribution in [0.5, 0.6) is 0 Å². The van der Waals surface area contributed by atoms with E-state index in [0.717, 1.165) is 42.4 Å². The molecule has 0 saturated heterocycles. The third kappa shape index (κ3) is 3.90. The quantitative estimate of drug-likeness (QED) is 0.697. The van der Waals surface area contributed by atoms with Crippen LogP contribution in [0.2, 0.25) is 0 Å². The highest BCUT2D eigenvalue weighted by Gasteiger charge is 2.23. The summed E-state index contributed by atoms with van der Waals surface area (Å²) in [4.78, 5) is 12.3. The number of halogens is 1. The number of fused-ring (bicyclic) bond motifs is 1. The third-order valence-corrected chi connectivity index (χ3v) is 4.80. The summed E-state index contributed by atoms with van der Waals surface area (Å²) in [5, 5.41) is 1.65. The lowest BCUT2D eigenvalue weighted by Gasteiger charge is -2.28. The average Bonchev–Trinajstić information content (AvgIpc) is 2.56. The number of esters is 1. The molecule has 1 aliphatic rings. The summed E-state index contributed by atoms with van der Waals surface area (Å²) in [5.74, 6) is 0.261. The van der Waals surface area contributed by atoms with E-state index < -0.39 is 0 Å². The number of ether oxygens (including phenoxy) is 1. The molecule has 0 unspecified atom stereocenters. The molecular formula is C20H23FO2. The van der Waals surface area contributed by atoms with Gasteiger partial charge in [-0.25, -0.2) is 9.18 Å². The number of benzene rings is 2. The number of carbonyl (C=O) groups excluding carboxylic acids is 1. The minimum Gasteiger partial charge on any atom is -0.459 e. The normalized spacial score (nSPS) is 21.3. The molecule has 1 aliphatic carbocycles. The van der Waals surface area contributed by atoms with Gasteiger partial charge < -0.3 is 4.74 Å². The summed E-state index contributed by atoms with van der Waals surface area (Å²) in [6.07, 6.45) is 6.80. The maximum Gasteiger partial charge on any atom is 0.338 e. The van der Waals surface area contributed by atoms with Gasteiger partial charge in [-0.1, -0.05) is 31.9 Å². The van der Waals surface area contributed by atoms with E-state index in [0.29, 0.717) is 5.56 Å². The summed E-state index contributed by atoms with van der Waals surface area (Å²) in [5.41, 5.74) is 0.541. The molecule has 2 nitrogen and oxygen atoms in total. The van der Waals surface area contributed by atoms with Gasteiger partial charge >= 0.3 is 5.97 Å². The molecule has 0 N–H and O–H groups in total. The Hall–Kier alpha value is -1.90. The van der Waals surface area contributed by atoms with Crippen LogP contribution in [0.15, 0.2) is 36.4 Å². The SMILES string of the molecule is CCCC1CCC(OC(=O)c2ccc3cc(F)ccc3c2)CC1. The lowest BCUT2D eigenvalue weighted by Crippen LogP contribution is -2.24. The predicted octanol–water partition coefficient (Wildman–Crippen LogP) is 5.49. The Kier molecular flexibility index (Phi) is 4.94. The molecule has 0 bridgehead atoms. The van der Waals surface area contributed by atoms with Crippen molar-refractivity contribution in [3.05, 3.63) is 47.8 Å². The molecule has 0 spiro atoms. The van der Waals surface area contributed by atoms with Crippen LogP contribution in [0.1, 0.15) is 55.8 Å². The standard InChI is InChI=1S/C20H23FO2/c1-2-3-14-4-10-19(11-5-14)23-20(22)17-7-6-16-13-18(21)9-8-15(16)12-17/h6-9,12-14,19H,2-5,10-11H2,1H3. The smallest absolute Gasteiger partial charge is 0.338 e. The lowest BCUT2D eigenvalue weighted by molar-refractivity contribution is 0.0162. The monoisotopic (exact) mass is 314 g/mol. The molecule has 1 saturated carbocycles. The highest BCUT2D eigenvalue weighted by Crippen LogP contribution is 2.30. The van der Waals surface area contributed by atoms with Crippen LogP contribution >= 0.6 is 0 Å². The van der Waals surface area contributed by atoms with Crippen LogP contribution in [-0.4, -0.2) is 12.1 Å². The van der Waals surface area contributed by atoms with Gasteiger partial charge in [0.2, 0.25) is 0 Å². The third-order valence-electron chi connectivity index (χ3n) is 4.80. The van der Waals surface area contributed by atoms with Crippen LogP contribution in [0.4, 0.5) is 4.39 Å². The highest BCUT2D eigenvalue weighted by atomic mass is 19.1. The van der Waals surface area contributed by atoms with Crippen molar-refractivity contribution in [3.8, 4) is 0 Å². The summed E-state index contributed by atoms with van der Waals surface area (Å²) >= 11 is 0. The van der Waals surface area contributed by atoms with Gasteiger partial charge in [0.25, 0.3) is 0 Å². The van der Waals surface area contributed by atoms with E-state index in [1.807, 2.05) is 0 Å². The van der Waals surface area contributed by atoms with E-state index >= 15 is 0 Å². The second-order valence-electron chi connectivity index (χ2n) is 6.54. The van der Waals surface area contributed by atoms with Crippen LogP contribution in [0, 0.1) is 11.7 Å². The average molecular weight is 314 g/mol. The van der Waals surface area contributed by atoms with Crippen molar-refractivity contribution in [2.24, 2.45) is 5.92 Å². The Morgan fingerprint density at radius 1 is 1.09 bits per heavy atom. The van der Waals surface area contributed by atoms with E-state index in [1.165, 1.54) is 25.0 Å². The van der Waals surface area contributed by atoms with Gasteiger partial charge in [0.05, 0.1) is 5.56 Å². The zero-order valence-electron chi connectivity index (χ0n) is 13.6. The molecule has 0 radical (unpaired) electrons. The molecule has 0 atom stereocenters. The molecule has 3 heteroatoms. The molecule has 2 aromatic carbocycles. The van der Waals surface area contributed by atoms with Crippen LogP contribution in [0.3, 0.4) is 0 Å². The van der Waals surface area contributed by atoms with Crippen molar-refractivity contribution >= 4 is 16.7 Å². The van der Waals surface area contributed by atoms with Crippen molar-refractivity contribution in [1.29, 1.82) is 0 Å². The minimum absolute atomic E-state index is 0.0412. The molecule has 1 fully saturated rings. The largest absolute Gasteiger partial charge is 0.459 e. The van der Waals surface area contributed by atoms with Crippen molar-refractivity contribution in [3.63, 3.8) is 0 Å². The van der Waals surface area contributed by atoms with Gasteiger partial charge in [-0.15, -0.1) is 0 Å². The zero-order valence-corrected chi connectivity index (χ0v) is 13.6. The van der Waals surface area contributed by atoms with Crippen molar-refractivity contribution in [2.45, 2.75) is 51.6 Å². The molecular weight excluding hydrogens is 291 g/mol. The number of rotatable bonds is 4. The maximum absolute atomic E-state index is 13.2. The number of carbonyl (C=O) groups is 1. The second-order valence-corrected chi connectivity index (χ2v) is 6.54. The van der Waals surface area contributed by atoms with Gasteiger partial charge in [0.15, 0.2) is 0 Å². The van der Waals surface area contributed by atoms with Crippen LogP contribution in [0.25, 0.3) is 10.8 Å². The Labute approximate surface area is 136 Å². The van der Waals surface area contributed by atoms with Gasteiger partial charge in [-0.3, -0.25) is 0 Å². The van der Waals surface area contributed by atoms with Crippen molar-refractivity contribution < 1.29 is 13.9 Å². The van der Waals surface area contributed by atoms with Crippen molar-refractivity contribution in [2.75, 3.05) is 0 Å². The molecule has 3 rings (SSSR count). The zero-order chi connectivity index (χ0) is 16.2. The molecule has 0 amide bonds. The van der Waals surface area contributed by atoms with E-state index in [4.69, 9.17) is 4.74 Å². The Morgan fingerprint density at radius 2 is 1.78 bits per heavy atom. The maximum atomic E-state index is 13.2. The Balaban J connectivity index is 1.63. The fourth-order valence-corrected chi connectivity index (χ4v) is 3.51. The fourth-order valence-electron chi connectivity index (χ4n) is 3.51. The van der Waals surface area contributed by atoms with E-state index in [2.05, 4.69) is 6.92 Å². The van der Waals surface area contributed by atoms with E-state index in [-0.39, 0.29) is 17.9 Å². The summed E-state index contributed by atoms with van der Waals surface area (Å²) in [6, 6.07) is 9.84. The Morgan fingerprint density at radius 3 is 2.52 bits per heavy atom. The highest BCUT2D eigenvalue weighted by molar-refractivity contribution is 5.95. The molecule has 0 aromatic heterocycles. The minimum atomic E-state index is -0.268. The van der Waals surface area contributed by atoms with E-state index in [1.54, 1.807) is 24.3 Å². The molecule has 0 heterocycles. The number of hydrogen-bond donors (Lipinski definition) is 0. The summed E-state index contributed by atoms with van der Waals surface area (Å²) in [6.45, 7) is 2.22. The van der Waals surface area contributed by atoms with Crippen LogP contribution in [-0.2, 0) is 4.74 Å².